The van der Waals surface area contributed by atoms with E-state index in [0.717, 1.165) is 23.3 Å². The van der Waals surface area contributed by atoms with Crippen LogP contribution in [-0.2, 0) is 6.18 Å². The fraction of sp³-hybridized carbons (Fsp3) is 0.357. The summed E-state index contributed by atoms with van der Waals surface area (Å²) in [5, 5.41) is 6.70. The molecule has 1 aliphatic carbocycles. The average molecular weight is 570 g/mol. The summed E-state index contributed by atoms with van der Waals surface area (Å²) in [6, 6.07) is 9.62. The number of alkyl halides is 4. The summed E-state index contributed by atoms with van der Waals surface area (Å²) in [5.41, 5.74) is 6.85. The van der Waals surface area contributed by atoms with E-state index in [2.05, 4.69) is 44.3 Å². The Bertz CT molecular complexity index is 1640. The number of rotatable bonds is 5. The lowest BCUT2D eigenvalue weighted by Crippen LogP contribution is -2.41. The molecule has 3 unspecified atom stereocenters. The van der Waals surface area contributed by atoms with E-state index in [-0.39, 0.29) is 41.1 Å². The van der Waals surface area contributed by atoms with Gasteiger partial charge in [-0.2, -0.15) is 18.3 Å². The zero-order chi connectivity index (χ0) is 29.1. The van der Waals surface area contributed by atoms with Gasteiger partial charge in [-0.25, -0.2) is 18.9 Å². The van der Waals surface area contributed by atoms with Gasteiger partial charge in [-0.1, -0.05) is 31.2 Å². The van der Waals surface area contributed by atoms with E-state index in [0.29, 0.717) is 12.5 Å². The summed E-state index contributed by atoms with van der Waals surface area (Å²) in [6.07, 6.45) is -2.87. The normalized spacial score (nSPS) is 22.7. The number of benzene rings is 1. The topological polar surface area (TPSA) is 111 Å². The summed E-state index contributed by atoms with van der Waals surface area (Å²) >= 11 is 0. The predicted molar refractivity (Wildman–Crippen MR) is 142 cm³/mol. The first-order valence-electron chi connectivity index (χ1n) is 13.1. The lowest BCUT2D eigenvalue weighted by molar-refractivity contribution is -0.136. The molecule has 4 heterocycles. The fourth-order valence-corrected chi connectivity index (χ4v) is 6.03. The van der Waals surface area contributed by atoms with Crippen LogP contribution in [0.4, 0.5) is 23.4 Å². The number of nitrogen functional groups attached to an aromatic ring is 1. The third-order valence-electron chi connectivity index (χ3n) is 7.97. The van der Waals surface area contributed by atoms with E-state index in [4.69, 9.17) is 10.5 Å². The number of anilines is 1. The van der Waals surface area contributed by atoms with Crippen LogP contribution in [0.2, 0.25) is 0 Å². The van der Waals surface area contributed by atoms with Crippen molar-refractivity contribution in [3.05, 3.63) is 71.2 Å². The van der Waals surface area contributed by atoms with E-state index in [1.165, 1.54) is 30.5 Å². The lowest BCUT2D eigenvalue weighted by Gasteiger charge is -2.24. The van der Waals surface area contributed by atoms with Crippen LogP contribution in [-0.4, -0.2) is 62.8 Å². The molecule has 0 radical (unpaired) electrons. The number of amides is 1. The monoisotopic (exact) mass is 569 g/mol. The molecular weight excluding hydrogens is 542 g/mol. The number of carbonyl (C=O) groups is 1. The number of carbonyl (C=O) groups excluding carboxylic acids is 1. The van der Waals surface area contributed by atoms with E-state index in [9.17, 15) is 18.0 Å². The smallest absolute Gasteiger partial charge is 0.418 e. The van der Waals surface area contributed by atoms with Gasteiger partial charge in [-0.05, 0) is 35.6 Å². The Morgan fingerprint density at radius 1 is 1.15 bits per heavy atom. The third-order valence-corrected chi connectivity index (χ3v) is 7.97. The van der Waals surface area contributed by atoms with Crippen LogP contribution in [0.5, 0.6) is 5.88 Å². The molecule has 6 rings (SSSR count). The molecule has 13 heteroatoms. The number of fused-ring (bicyclic) bond motifs is 2. The Balaban J connectivity index is 1.28. The van der Waals surface area contributed by atoms with E-state index < -0.39 is 35.4 Å². The maximum atomic E-state index is 15.3. The number of likely N-dealkylation sites (tertiary alicyclic amines) is 1. The van der Waals surface area contributed by atoms with Gasteiger partial charge in [0.15, 0.2) is 5.82 Å². The van der Waals surface area contributed by atoms with Gasteiger partial charge in [0.05, 0.1) is 24.4 Å². The van der Waals surface area contributed by atoms with Crippen LogP contribution in [0.1, 0.15) is 52.4 Å². The number of pyridine rings is 1. The molecule has 1 amide bonds. The van der Waals surface area contributed by atoms with Crippen molar-refractivity contribution < 1.29 is 27.1 Å². The Morgan fingerprint density at radius 2 is 1.90 bits per heavy atom. The number of methoxy groups -OCH3 is 1. The zero-order valence-electron chi connectivity index (χ0n) is 22.2. The van der Waals surface area contributed by atoms with E-state index in [1.54, 1.807) is 0 Å². The van der Waals surface area contributed by atoms with Gasteiger partial charge in [-0.15, -0.1) is 0 Å². The average Bonchev–Trinajstić information content (AvgIpc) is 3.62. The summed E-state index contributed by atoms with van der Waals surface area (Å²) in [7, 11) is 1.31. The summed E-state index contributed by atoms with van der Waals surface area (Å²) in [4.78, 5) is 23.3. The highest BCUT2D eigenvalue weighted by molar-refractivity contribution is 5.98. The molecule has 3 aromatic heterocycles. The van der Waals surface area contributed by atoms with Crippen molar-refractivity contribution in [2.24, 2.45) is 0 Å². The molecule has 214 valence electrons. The summed E-state index contributed by atoms with van der Waals surface area (Å²) in [5.74, 6) is -0.709. The maximum absolute atomic E-state index is 15.3. The molecular formula is C28H27F4N7O2. The molecule has 1 saturated heterocycles. The van der Waals surface area contributed by atoms with Gasteiger partial charge in [0.2, 0.25) is 5.88 Å². The second kappa shape index (κ2) is 9.98. The molecule has 0 saturated carbocycles. The SMILES string of the molecule is COc1ncc(-c2cc(C(F)(F)F)c3c(N)ncnn23)cc1C(=O)N[C@@H]1CN(C2CC(C)c3ccccc32)CC1F. The first kappa shape index (κ1) is 26.9. The zero-order valence-corrected chi connectivity index (χ0v) is 22.2. The van der Waals surface area contributed by atoms with Crippen molar-refractivity contribution in [2.75, 3.05) is 25.9 Å². The van der Waals surface area contributed by atoms with Crippen LogP contribution in [0.25, 0.3) is 16.8 Å². The number of nitrogens with two attached hydrogens (primary N) is 1. The van der Waals surface area contributed by atoms with Crippen LogP contribution < -0.4 is 15.8 Å². The highest BCUT2D eigenvalue weighted by Crippen LogP contribution is 2.44. The first-order valence-corrected chi connectivity index (χ1v) is 13.1. The Morgan fingerprint density at radius 3 is 2.63 bits per heavy atom. The number of hydrogen-bond acceptors (Lipinski definition) is 7. The molecule has 4 atom stereocenters. The highest BCUT2D eigenvalue weighted by atomic mass is 19.4. The largest absolute Gasteiger partial charge is 0.480 e. The first-order chi connectivity index (χ1) is 19.6. The molecule has 0 bridgehead atoms. The quantitative estimate of drug-likeness (QED) is 0.343. The molecule has 0 spiro atoms. The fourth-order valence-electron chi connectivity index (χ4n) is 6.03. The molecule has 2 aliphatic rings. The Kier molecular flexibility index (Phi) is 6.56. The van der Waals surface area contributed by atoms with Gasteiger partial charge >= 0.3 is 6.18 Å². The van der Waals surface area contributed by atoms with Crippen LogP contribution >= 0.6 is 0 Å². The van der Waals surface area contributed by atoms with Crippen molar-refractivity contribution in [3.63, 3.8) is 0 Å². The van der Waals surface area contributed by atoms with E-state index in [1.807, 2.05) is 12.1 Å². The van der Waals surface area contributed by atoms with Gasteiger partial charge in [0.25, 0.3) is 5.91 Å². The van der Waals surface area contributed by atoms with E-state index >= 15 is 4.39 Å². The van der Waals surface area contributed by atoms with Crippen LogP contribution in [0.15, 0.2) is 48.9 Å². The molecule has 1 fully saturated rings. The molecule has 1 aliphatic heterocycles. The number of ether oxygens (including phenoxy) is 1. The van der Waals surface area contributed by atoms with Crippen LogP contribution in [0.3, 0.4) is 0 Å². The predicted octanol–water partition coefficient (Wildman–Crippen LogP) is 4.40. The number of aromatic nitrogens is 4. The number of halogens is 4. The van der Waals surface area contributed by atoms with Crippen molar-refractivity contribution in [1.29, 1.82) is 0 Å². The number of nitrogens with one attached hydrogen (secondary N) is 1. The highest BCUT2D eigenvalue weighted by Gasteiger charge is 2.41. The van der Waals surface area contributed by atoms with Gasteiger partial charge < -0.3 is 15.8 Å². The third kappa shape index (κ3) is 4.63. The maximum Gasteiger partial charge on any atom is 0.418 e. The number of hydrogen-bond donors (Lipinski definition) is 2. The number of nitrogens with zero attached hydrogens (tertiary/aromatic N) is 5. The minimum atomic E-state index is -4.73. The van der Waals surface area contributed by atoms with Gasteiger partial charge in [0.1, 0.15) is 23.6 Å². The van der Waals surface area contributed by atoms with Crippen molar-refractivity contribution in [2.45, 2.75) is 43.7 Å². The Hall–Kier alpha value is -4.26. The standard InChI is InChI=1S/C28H27F4N7O2/c1-14-7-23(17-6-4-3-5-16(14)17)38-11-20(29)21(12-38)37-26(40)18-8-15(10-34-27(18)41-2)22-9-19(28(30,31)32)24-25(33)35-13-36-39(22)24/h3-6,8-10,13-14,20-21,23H,7,11-12H2,1-2H3,(H,37,40)(H2,33,35,36)/t14?,20?,21-,23?/m1/s1. The summed E-state index contributed by atoms with van der Waals surface area (Å²) in [6.45, 7) is 2.63. The van der Waals surface area contributed by atoms with Crippen molar-refractivity contribution in [1.82, 2.24) is 29.8 Å². The summed E-state index contributed by atoms with van der Waals surface area (Å²) < 4.78 is 62.9. The van der Waals surface area contributed by atoms with Gasteiger partial charge in [0, 0.05) is 30.9 Å². The van der Waals surface area contributed by atoms with Gasteiger partial charge in [-0.3, -0.25) is 9.69 Å². The van der Waals surface area contributed by atoms with Crippen LogP contribution in [0, 0.1) is 0 Å². The molecule has 9 nitrogen and oxygen atoms in total. The lowest BCUT2D eigenvalue weighted by atomic mass is 10.0. The molecule has 1 aromatic carbocycles. The second-order valence-corrected chi connectivity index (χ2v) is 10.5. The van der Waals surface area contributed by atoms with Crippen molar-refractivity contribution >= 4 is 17.2 Å². The Labute approximate surface area is 232 Å². The molecule has 4 aromatic rings. The van der Waals surface area contributed by atoms with Crippen molar-refractivity contribution in [3.8, 4) is 17.1 Å². The second-order valence-electron chi connectivity index (χ2n) is 10.5. The molecule has 41 heavy (non-hydrogen) atoms. The molecule has 3 N–H and O–H groups in total. The minimum Gasteiger partial charge on any atom is -0.480 e. The minimum absolute atomic E-state index is 0.00458.